The Morgan fingerprint density at radius 1 is 1.24 bits per heavy atom. The van der Waals surface area contributed by atoms with E-state index >= 15 is 0 Å². The van der Waals surface area contributed by atoms with Gasteiger partial charge in [0.15, 0.2) is 0 Å². The summed E-state index contributed by atoms with van der Waals surface area (Å²) in [6.07, 6.45) is 3.01. The molecule has 0 aliphatic heterocycles. The molecule has 0 unspecified atom stereocenters. The fraction of sp³-hybridized carbons (Fsp3) is 0.400. The van der Waals surface area contributed by atoms with E-state index < -0.39 is 10.0 Å². The molecule has 0 aliphatic carbocycles. The Bertz CT molecular complexity index is 761. The lowest BCUT2D eigenvalue weighted by molar-refractivity contribution is 0.401. The topological polar surface area (TPSA) is 61.2 Å². The molecule has 0 radical (unpaired) electrons. The third kappa shape index (κ3) is 2.81. The van der Waals surface area contributed by atoms with Crippen LogP contribution in [-0.2, 0) is 10.0 Å². The minimum absolute atomic E-state index is 0.141. The minimum atomic E-state index is -3.75. The second kappa shape index (κ2) is 5.52. The van der Waals surface area contributed by atoms with Crippen molar-refractivity contribution < 1.29 is 13.2 Å². The Hall–Kier alpha value is -1.82. The fourth-order valence-electron chi connectivity index (χ4n) is 2.28. The second-order valence-electron chi connectivity index (χ2n) is 5.41. The van der Waals surface area contributed by atoms with Crippen molar-refractivity contribution in [1.82, 2.24) is 9.19 Å². The number of aryl methyl sites for hydroxylation is 2. The number of nitrogens with zero attached hydrogens (tertiary/aromatic N) is 2. The van der Waals surface area contributed by atoms with Gasteiger partial charge in [-0.25, -0.2) is 0 Å². The highest BCUT2D eigenvalue weighted by Crippen LogP contribution is 2.32. The lowest BCUT2D eigenvalue weighted by Crippen LogP contribution is -2.15. The minimum Gasteiger partial charge on any atom is -0.495 e. The quantitative estimate of drug-likeness (QED) is 0.871. The highest BCUT2D eigenvalue weighted by atomic mass is 32.2. The van der Waals surface area contributed by atoms with Crippen LogP contribution in [0.3, 0.4) is 0 Å². The predicted octanol–water partition coefficient (Wildman–Crippen LogP) is 2.87. The maximum atomic E-state index is 12.7. The molecule has 0 aliphatic rings. The molecule has 0 spiro atoms. The summed E-state index contributed by atoms with van der Waals surface area (Å²) in [7, 11) is -2.28. The molecule has 21 heavy (non-hydrogen) atoms. The number of methoxy groups -OCH3 is 1. The standard InChI is InChI=1S/C15H20N2O3S/c1-10(2)13-7-15(14(20-5)6-12(13)4)21(18,19)17-9-11(3)8-16-17/h6-10H,1-5H3. The van der Waals surface area contributed by atoms with Crippen LogP contribution in [0.4, 0.5) is 0 Å². The first-order valence-corrected chi connectivity index (χ1v) is 8.16. The van der Waals surface area contributed by atoms with Crippen molar-refractivity contribution >= 4 is 10.0 Å². The van der Waals surface area contributed by atoms with E-state index in [0.29, 0.717) is 5.75 Å². The van der Waals surface area contributed by atoms with E-state index in [1.165, 1.54) is 19.5 Å². The van der Waals surface area contributed by atoms with Crippen LogP contribution in [0, 0.1) is 13.8 Å². The van der Waals surface area contributed by atoms with Gasteiger partial charge in [-0.3, -0.25) is 0 Å². The number of benzene rings is 1. The van der Waals surface area contributed by atoms with Crippen molar-refractivity contribution in [3.05, 3.63) is 41.2 Å². The van der Waals surface area contributed by atoms with Crippen molar-refractivity contribution in [3.63, 3.8) is 0 Å². The van der Waals surface area contributed by atoms with E-state index in [4.69, 9.17) is 4.74 Å². The fourth-order valence-corrected chi connectivity index (χ4v) is 3.63. The van der Waals surface area contributed by atoms with Gasteiger partial charge < -0.3 is 4.74 Å². The maximum absolute atomic E-state index is 12.7. The van der Waals surface area contributed by atoms with Gasteiger partial charge in [-0.1, -0.05) is 13.8 Å². The monoisotopic (exact) mass is 308 g/mol. The molecule has 1 aromatic carbocycles. The van der Waals surface area contributed by atoms with Crippen LogP contribution in [0.15, 0.2) is 29.4 Å². The Balaban J connectivity index is 2.69. The van der Waals surface area contributed by atoms with Crippen LogP contribution in [0.5, 0.6) is 5.75 Å². The van der Waals surface area contributed by atoms with Gasteiger partial charge >= 0.3 is 0 Å². The molecule has 6 heteroatoms. The second-order valence-corrected chi connectivity index (χ2v) is 7.17. The van der Waals surface area contributed by atoms with Crippen LogP contribution in [0.1, 0.15) is 36.5 Å². The van der Waals surface area contributed by atoms with E-state index in [0.717, 1.165) is 20.8 Å². The first kappa shape index (κ1) is 15.6. The molecule has 1 heterocycles. The van der Waals surface area contributed by atoms with E-state index in [1.54, 1.807) is 19.1 Å². The van der Waals surface area contributed by atoms with E-state index in [2.05, 4.69) is 5.10 Å². The van der Waals surface area contributed by atoms with Gasteiger partial charge in [-0.2, -0.15) is 17.6 Å². The molecular formula is C15H20N2O3S. The third-order valence-electron chi connectivity index (χ3n) is 3.39. The molecule has 0 saturated heterocycles. The summed E-state index contributed by atoms with van der Waals surface area (Å²) >= 11 is 0. The molecule has 0 atom stereocenters. The lowest BCUT2D eigenvalue weighted by atomic mass is 9.98. The van der Waals surface area contributed by atoms with Crippen molar-refractivity contribution in [2.24, 2.45) is 0 Å². The Morgan fingerprint density at radius 3 is 2.38 bits per heavy atom. The highest BCUT2D eigenvalue weighted by molar-refractivity contribution is 7.90. The molecule has 114 valence electrons. The summed E-state index contributed by atoms with van der Waals surface area (Å²) in [5.74, 6) is 0.564. The van der Waals surface area contributed by atoms with Crippen molar-refractivity contribution in [2.45, 2.75) is 38.5 Å². The van der Waals surface area contributed by atoms with Gasteiger partial charge in [-0.05, 0) is 48.6 Å². The van der Waals surface area contributed by atoms with E-state index in [1.807, 2.05) is 20.8 Å². The van der Waals surface area contributed by atoms with Gasteiger partial charge in [0.1, 0.15) is 10.6 Å². The van der Waals surface area contributed by atoms with Gasteiger partial charge in [0.25, 0.3) is 10.0 Å². The summed E-state index contributed by atoms with van der Waals surface area (Å²) in [4.78, 5) is 0.141. The van der Waals surface area contributed by atoms with Crippen LogP contribution < -0.4 is 4.74 Å². The van der Waals surface area contributed by atoms with Gasteiger partial charge in [0, 0.05) is 6.20 Å². The zero-order valence-electron chi connectivity index (χ0n) is 12.9. The molecule has 0 amide bonds. The van der Waals surface area contributed by atoms with Gasteiger partial charge in [0.2, 0.25) is 0 Å². The summed E-state index contributed by atoms with van der Waals surface area (Å²) in [5.41, 5.74) is 2.78. The Morgan fingerprint density at radius 2 is 1.90 bits per heavy atom. The summed E-state index contributed by atoms with van der Waals surface area (Å²) in [6.45, 7) is 7.81. The summed E-state index contributed by atoms with van der Waals surface area (Å²) in [6, 6.07) is 3.45. The maximum Gasteiger partial charge on any atom is 0.286 e. The molecule has 2 aromatic rings. The van der Waals surface area contributed by atoms with Crippen molar-refractivity contribution in [1.29, 1.82) is 0 Å². The third-order valence-corrected chi connectivity index (χ3v) is 4.95. The number of rotatable bonds is 4. The molecule has 5 nitrogen and oxygen atoms in total. The van der Waals surface area contributed by atoms with Crippen LogP contribution in [0.25, 0.3) is 0 Å². The van der Waals surface area contributed by atoms with Crippen molar-refractivity contribution in [3.8, 4) is 5.75 Å². The molecule has 1 aromatic heterocycles. The van der Waals surface area contributed by atoms with E-state index in [9.17, 15) is 8.42 Å². The summed E-state index contributed by atoms with van der Waals surface area (Å²) in [5, 5.41) is 3.91. The molecular weight excluding hydrogens is 288 g/mol. The van der Waals surface area contributed by atoms with Crippen LogP contribution in [0.2, 0.25) is 0 Å². The van der Waals surface area contributed by atoms with Gasteiger partial charge in [-0.15, -0.1) is 0 Å². The molecule has 0 fully saturated rings. The van der Waals surface area contributed by atoms with E-state index in [-0.39, 0.29) is 10.8 Å². The molecule has 0 bridgehead atoms. The average molecular weight is 308 g/mol. The summed E-state index contributed by atoms with van der Waals surface area (Å²) < 4.78 is 31.7. The predicted molar refractivity (Wildman–Crippen MR) is 81.4 cm³/mol. The van der Waals surface area contributed by atoms with Crippen LogP contribution in [-0.4, -0.2) is 24.7 Å². The average Bonchev–Trinajstić information content (AvgIpc) is 2.85. The SMILES string of the molecule is COc1cc(C)c(C(C)C)cc1S(=O)(=O)n1cc(C)cn1. The zero-order valence-corrected chi connectivity index (χ0v) is 13.7. The largest absolute Gasteiger partial charge is 0.495 e. The number of hydrogen-bond donors (Lipinski definition) is 0. The lowest BCUT2D eigenvalue weighted by Gasteiger charge is -2.16. The number of hydrogen-bond acceptors (Lipinski definition) is 4. The number of aromatic nitrogens is 2. The first-order valence-electron chi connectivity index (χ1n) is 6.72. The van der Waals surface area contributed by atoms with Crippen molar-refractivity contribution in [2.75, 3.05) is 7.11 Å². The Labute approximate surface area is 125 Å². The molecule has 0 N–H and O–H groups in total. The van der Waals surface area contributed by atoms with Gasteiger partial charge in [0.05, 0.1) is 13.3 Å². The number of ether oxygens (including phenoxy) is 1. The molecule has 0 saturated carbocycles. The van der Waals surface area contributed by atoms with Crippen LogP contribution >= 0.6 is 0 Å². The highest BCUT2D eigenvalue weighted by Gasteiger charge is 2.24. The zero-order chi connectivity index (χ0) is 15.8. The molecule has 2 rings (SSSR count). The normalized spacial score (nSPS) is 11.9. The Kier molecular flexibility index (Phi) is 4.09. The smallest absolute Gasteiger partial charge is 0.286 e. The first-order chi connectivity index (χ1) is 9.77.